The summed E-state index contributed by atoms with van der Waals surface area (Å²) >= 11 is 0. The molecule has 4 nitrogen and oxygen atoms in total. The molecular formula is C12H20N4. The van der Waals surface area contributed by atoms with Crippen molar-refractivity contribution in [2.45, 2.75) is 53.0 Å². The monoisotopic (exact) mass is 220 g/mol. The Labute approximate surface area is 97.3 Å². The molecular weight excluding hydrogens is 200 g/mol. The Hall–Kier alpha value is -1.37. The Balaban J connectivity index is 2.75. The van der Waals surface area contributed by atoms with Crippen molar-refractivity contribution < 1.29 is 0 Å². The van der Waals surface area contributed by atoms with Crippen molar-refractivity contribution in [3.8, 4) is 6.07 Å². The number of nitriles is 1. The number of hydrogen-bond donors (Lipinski definition) is 0. The molecule has 0 aliphatic rings. The van der Waals surface area contributed by atoms with Crippen LogP contribution < -0.4 is 0 Å². The van der Waals surface area contributed by atoms with E-state index in [1.54, 1.807) is 0 Å². The SMILES string of the molecule is CCCCc1c(C#N)nnn1CCC(C)C. The largest absolute Gasteiger partial charge is 0.248 e. The Morgan fingerprint density at radius 3 is 2.75 bits per heavy atom. The molecule has 4 heteroatoms. The summed E-state index contributed by atoms with van der Waals surface area (Å²) in [6, 6.07) is 2.12. The summed E-state index contributed by atoms with van der Waals surface area (Å²) < 4.78 is 1.90. The van der Waals surface area contributed by atoms with Crippen molar-refractivity contribution in [1.82, 2.24) is 15.0 Å². The lowest BCUT2D eigenvalue weighted by atomic mass is 10.1. The molecule has 0 spiro atoms. The Morgan fingerprint density at radius 2 is 2.19 bits per heavy atom. The maximum atomic E-state index is 8.94. The summed E-state index contributed by atoms with van der Waals surface area (Å²) in [6.45, 7) is 7.39. The van der Waals surface area contributed by atoms with Gasteiger partial charge >= 0.3 is 0 Å². The third-order valence-electron chi connectivity index (χ3n) is 2.63. The summed E-state index contributed by atoms with van der Waals surface area (Å²) in [5.74, 6) is 0.647. The van der Waals surface area contributed by atoms with E-state index in [4.69, 9.17) is 5.26 Å². The zero-order chi connectivity index (χ0) is 12.0. The fourth-order valence-electron chi connectivity index (χ4n) is 1.57. The van der Waals surface area contributed by atoms with Gasteiger partial charge in [0, 0.05) is 6.54 Å². The molecule has 16 heavy (non-hydrogen) atoms. The molecule has 1 rings (SSSR count). The first-order valence-corrected chi connectivity index (χ1v) is 6.01. The highest BCUT2D eigenvalue weighted by Crippen LogP contribution is 2.11. The summed E-state index contributed by atoms with van der Waals surface area (Å²) in [7, 11) is 0. The average Bonchev–Trinajstić information content (AvgIpc) is 2.65. The lowest BCUT2D eigenvalue weighted by molar-refractivity contribution is 0.465. The van der Waals surface area contributed by atoms with Crippen LogP contribution in [0, 0.1) is 17.2 Å². The third kappa shape index (κ3) is 3.34. The highest BCUT2D eigenvalue weighted by Gasteiger charge is 2.11. The lowest BCUT2D eigenvalue weighted by Gasteiger charge is -2.07. The predicted molar refractivity (Wildman–Crippen MR) is 62.8 cm³/mol. The van der Waals surface area contributed by atoms with E-state index in [9.17, 15) is 0 Å². The molecule has 0 fully saturated rings. The molecule has 0 amide bonds. The van der Waals surface area contributed by atoms with Crippen molar-refractivity contribution in [2.75, 3.05) is 0 Å². The van der Waals surface area contributed by atoms with Crippen LogP contribution in [-0.4, -0.2) is 15.0 Å². The first-order valence-electron chi connectivity index (χ1n) is 6.01. The molecule has 0 atom stereocenters. The maximum absolute atomic E-state index is 8.94. The fraction of sp³-hybridized carbons (Fsp3) is 0.750. The smallest absolute Gasteiger partial charge is 0.185 e. The van der Waals surface area contributed by atoms with Gasteiger partial charge in [-0.15, -0.1) is 5.10 Å². The van der Waals surface area contributed by atoms with Crippen LogP contribution in [-0.2, 0) is 13.0 Å². The van der Waals surface area contributed by atoms with E-state index in [1.165, 1.54) is 0 Å². The molecule has 0 aromatic carbocycles. The first-order chi connectivity index (χ1) is 7.69. The van der Waals surface area contributed by atoms with Gasteiger partial charge < -0.3 is 0 Å². The van der Waals surface area contributed by atoms with Crippen molar-refractivity contribution in [3.63, 3.8) is 0 Å². The normalized spacial score (nSPS) is 10.7. The maximum Gasteiger partial charge on any atom is 0.185 e. The van der Waals surface area contributed by atoms with Gasteiger partial charge in [-0.05, 0) is 25.2 Å². The van der Waals surface area contributed by atoms with Gasteiger partial charge in [-0.1, -0.05) is 32.4 Å². The fourth-order valence-corrected chi connectivity index (χ4v) is 1.57. The number of rotatable bonds is 6. The van der Waals surface area contributed by atoms with Crippen molar-refractivity contribution in [1.29, 1.82) is 5.26 Å². The van der Waals surface area contributed by atoms with Crippen LogP contribution in [0.1, 0.15) is 51.4 Å². The molecule has 88 valence electrons. The van der Waals surface area contributed by atoms with Crippen LogP contribution in [0.3, 0.4) is 0 Å². The van der Waals surface area contributed by atoms with E-state index in [2.05, 4.69) is 37.2 Å². The van der Waals surface area contributed by atoms with Gasteiger partial charge in [0.1, 0.15) is 6.07 Å². The molecule has 1 aromatic rings. The number of nitrogens with zero attached hydrogens (tertiary/aromatic N) is 4. The van der Waals surface area contributed by atoms with Crippen LogP contribution in [0.2, 0.25) is 0 Å². The predicted octanol–water partition coefficient (Wildman–Crippen LogP) is 2.54. The highest BCUT2D eigenvalue weighted by atomic mass is 15.4. The number of hydrogen-bond acceptors (Lipinski definition) is 3. The summed E-state index contributed by atoms with van der Waals surface area (Å²) in [4.78, 5) is 0. The molecule has 0 radical (unpaired) electrons. The van der Waals surface area contributed by atoms with E-state index in [-0.39, 0.29) is 0 Å². The molecule has 0 aliphatic heterocycles. The molecule has 0 aliphatic carbocycles. The molecule has 1 aromatic heterocycles. The number of aryl methyl sites for hydroxylation is 1. The lowest BCUT2D eigenvalue weighted by Crippen LogP contribution is -2.08. The molecule has 0 saturated heterocycles. The summed E-state index contributed by atoms with van der Waals surface area (Å²) in [6.07, 6.45) is 4.20. The van der Waals surface area contributed by atoms with Gasteiger partial charge in [0.2, 0.25) is 0 Å². The van der Waals surface area contributed by atoms with Crippen LogP contribution in [0.5, 0.6) is 0 Å². The minimum absolute atomic E-state index is 0.497. The minimum Gasteiger partial charge on any atom is -0.248 e. The van der Waals surface area contributed by atoms with Crippen LogP contribution >= 0.6 is 0 Å². The Morgan fingerprint density at radius 1 is 1.44 bits per heavy atom. The summed E-state index contributed by atoms with van der Waals surface area (Å²) in [5.41, 5.74) is 1.50. The number of aromatic nitrogens is 3. The van der Waals surface area contributed by atoms with Gasteiger partial charge in [-0.3, -0.25) is 0 Å². The first kappa shape index (κ1) is 12.7. The highest BCUT2D eigenvalue weighted by molar-refractivity contribution is 5.24. The minimum atomic E-state index is 0.497. The van der Waals surface area contributed by atoms with Crippen molar-refractivity contribution >= 4 is 0 Å². The van der Waals surface area contributed by atoms with Crippen LogP contribution in [0.15, 0.2) is 0 Å². The van der Waals surface area contributed by atoms with E-state index in [0.717, 1.165) is 37.9 Å². The third-order valence-corrected chi connectivity index (χ3v) is 2.63. The zero-order valence-corrected chi connectivity index (χ0v) is 10.4. The van der Waals surface area contributed by atoms with Crippen LogP contribution in [0.4, 0.5) is 0 Å². The standard InChI is InChI=1S/C12H20N4/c1-4-5-6-12-11(9-13)14-15-16(12)8-7-10(2)3/h10H,4-8H2,1-3H3. The molecule has 0 unspecified atom stereocenters. The average molecular weight is 220 g/mol. The Kier molecular flexibility index (Phi) is 4.97. The van der Waals surface area contributed by atoms with Gasteiger partial charge in [0.25, 0.3) is 0 Å². The zero-order valence-electron chi connectivity index (χ0n) is 10.4. The molecule has 0 N–H and O–H groups in total. The quantitative estimate of drug-likeness (QED) is 0.740. The van der Waals surface area contributed by atoms with Gasteiger partial charge in [0.05, 0.1) is 5.69 Å². The van der Waals surface area contributed by atoms with Gasteiger partial charge in [0.15, 0.2) is 5.69 Å². The van der Waals surface area contributed by atoms with Crippen LogP contribution in [0.25, 0.3) is 0 Å². The van der Waals surface area contributed by atoms with Crippen molar-refractivity contribution in [3.05, 3.63) is 11.4 Å². The topological polar surface area (TPSA) is 54.5 Å². The second-order valence-electron chi connectivity index (χ2n) is 4.51. The number of unbranched alkanes of at least 4 members (excludes halogenated alkanes) is 1. The van der Waals surface area contributed by atoms with Crippen molar-refractivity contribution in [2.24, 2.45) is 5.92 Å². The molecule has 1 heterocycles. The Bertz CT molecular complexity index is 360. The summed E-state index contributed by atoms with van der Waals surface area (Å²) in [5, 5.41) is 16.9. The van der Waals surface area contributed by atoms with E-state index in [1.807, 2.05) is 4.68 Å². The van der Waals surface area contributed by atoms with E-state index in [0.29, 0.717) is 11.6 Å². The molecule has 0 saturated carbocycles. The van der Waals surface area contributed by atoms with E-state index >= 15 is 0 Å². The van der Waals surface area contributed by atoms with Gasteiger partial charge in [-0.25, -0.2) is 4.68 Å². The van der Waals surface area contributed by atoms with E-state index < -0.39 is 0 Å². The molecule has 0 bridgehead atoms. The van der Waals surface area contributed by atoms with Gasteiger partial charge in [-0.2, -0.15) is 5.26 Å². The second kappa shape index (κ2) is 6.26. The second-order valence-corrected chi connectivity index (χ2v) is 4.51.